The molecule has 0 fully saturated rings. The standard InChI is InChI=1S/C8H5BrN4O2/c9-6-3-5(4-15-6)7(14)12-8-10-1-2-11-13-8/h1-4H,(H,10,12,13,14). The van der Waals surface area contributed by atoms with Crippen LogP contribution in [0.5, 0.6) is 0 Å². The van der Waals surface area contributed by atoms with E-state index in [0.29, 0.717) is 10.2 Å². The van der Waals surface area contributed by atoms with Crippen LogP contribution in [-0.4, -0.2) is 21.1 Å². The molecule has 0 aromatic carbocycles. The molecule has 2 aromatic heterocycles. The van der Waals surface area contributed by atoms with Crippen molar-refractivity contribution in [3.63, 3.8) is 0 Å². The minimum absolute atomic E-state index is 0.153. The number of carbonyl (C=O) groups is 1. The maximum absolute atomic E-state index is 11.5. The van der Waals surface area contributed by atoms with Gasteiger partial charge in [-0.25, -0.2) is 4.98 Å². The summed E-state index contributed by atoms with van der Waals surface area (Å²) in [6.07, 6.45) is 4.19. The van der Waals surface area contributed by atoms with Crippen LogP contribution in [0.25, 0.3) is 0 Å². The van der Waals surface area contributed by atoms with E-state index in [1.807, 2.05) is 0 Å². The number of hydrogen-bond donors (Lipinski definition) is 1. The molecule has 0 unspecified atom stereocenters. The van der Waals surface area contributed by atoms with Gasteiger partial charge in [-0.2, -0.15) is 5.10 Å². The minimum Gasteiger partial charge on any atom is -0.457 e. The number of aromatic nitrogens is 3. The van der Waals surface area contributed by atoms with Gasteiger partial charge in [0.05, 0.1) is 18.0 Å². The monoisotopic (exact) mass is 268 g/mol. The molecular formula is C8H5BrN4O2. The predicted molar refractivity (Wildman–Crippen MR) is 54.2 cm³/mol. The second-order valence-electron chi connectivity index (χ2n) is 2.56. The van der Waals surface area contributed by atoms with E-state index in [2.05, 4.69) is 36.4 Å². The fourth-order valence-corrected chi connectivity index (χ4v) is 1.25. The van der Waals surface area contributed by atoms with Crippen LogP contribution in [0.2, 0.25) is 0 Å². The zero-order chi connectivity index (χ0) is 10.7. The molecule has 2 rings (SSSR count). The molecule has 0 radical (unpaired) electrons. The fourth-order valence-electron chi connectivity index (χ4n) is 0.908. The van der Waals surface area contributed by atoms with Crippen LogP contribution in [0.4, 0.5) is 5.95 Å². The fraction of sp³-hybridized carbons (Fsp3) is 0. The molecule has 0 spiro atoms. The van der Waals surface area contributed by atoms with Gasteiger partial charge < -0.3 is 4.42 Å². The Balaban J connectivity index is 2.11. The van der Waals surface area contributed by atoms with Gasteiger partial charge in [-0.15, -0.1) is 5.10 Å². The van der Waals surface area contributed by atoms with Crippen LogP contribution in [0, 0.1) is 0 Å². The summed E-state index contributed by atoms with van der Waals surface area (Å²) < 4.78 is 5.41. The molecule has 1 amide bonds. The number of rotatable bonds is 2. The van der Waals surface area contributed by atoms with E-state index in [4.69, 9.17) is 4.42 Å². The van der Waals surface area contributed by atoms with E-state index >= 15 is 0 Å². The molecule has 0 aliphatic heterocycles. The van der Waals surface area contributed by atoms with Crippen LogP contribution in [-0.2, 0) is 0 Å². The summed E-state index contributed by atoms with van der Waals surface area (Å²) in [5.41, 5.74) is 0.384. The van der Waals surface area contributed by atoms with Crippen LogP contribution in [0.15, 0.2) is 33.8 Å². The third kappa shape index (κ3) is 2.38. The third-order valence-corrected chi connectivity index (χ3v) is 1.95. The Morgan fingerprint density at radius 2 is 2.33 bits per heavy atom. The van der Waals surface area contributed by atoms with E-state index in [1.165, 1.54) is 18.7 Å². The Morgan fingerprint density at radius 1 is 1.47 bits per heavy atom. The number of nitrogens with zero attached hydrogens (tertiary/aromatic N) is 3. The number of carbonyl (C=O) groups excluding carboxylic acids is 1. The first kappa shape index (κ1) is 9.78. The Labute approximate surface area is 92.9 Å². The zero-order valence-corrected chi connectivity index (χ0v) is 8.93. The normalized spacial score (nSPS) is 9.93. The summed E-state index contributed by atoms with van der Waals surface area (Å²) in [6, 6.07) is 1.55. The van der Waals surface area contributed by atoms with E-state index < -0.39 is 0 Å². The van der Waals surface area contributed by atoms with Gasteiger partial charge in [0.1, 0.15) is 6.26 Å². The summed E-state index contributed by atoms with van der Waals surface area (Å²) in [5, 5.41) is 9.66. The van der Waals surface area contributed by atoms with Gasteiger partial charge in [-0.05, 0) is 15.9 Å². The lowest BCUT2D eigenvalue weighted by Gasteiger charge is -1.98. The van der Waals surface area contributed by atoms with Gasteiger partial charge in [-0.1, -0.05) is 0 Å². The SMILES string of the molecule is O=C(Nc1nccnn1)c1coc(Br)c1. The molecule has 0 aliphatic carbocycles. The molecule has 7 heteroatoms. The molecule has 1 N–H and O–H groups in total. The Morgan fingerprint density at radius 3 is 2.93 bits per heavy atom. The number of amides is 1. The van der Waals surface area contributed by atoms with Crippen molar-refractivity contribution in [2.24, 2.45) is 0 Å². The first-order chi connectivity index (χ1) is 7.25. The summed E-state index contributed by atoms with van der Waals surface area (Å²) in [7, 11) is 0. The Bertz CT molecular complexity index is 471. The number of nitrogens with one attached hydrogen (secondary N) is 1. The van der Waals surface area contributed by atoms with Gasteiger partial charge in [-0.3, -0.25) is 10.1 Å². The van der Waals surface area contributed by atoms with Crippen molar-refractivity contribution in [3.05, 3.63) is 35.0 Å². The summed E-state index contributed by atoms with van der Waals surface area (Å²) in [5.74, 6) is -0.197. The highest BCUT2D eigenvalue weighted by Gasteiger charge is 2.10. The van der Waals surface area contributed by atoms with Crippen molar-refractivity contribution < 1.29 is 9.21 Å². The van der Waals surface area contributed by atoms with Crippen LogP contribution in [0.1, 0.15) is 10.4 Å². The van der Waals surface area contributed by atoms with Crippen molar-refractivity contribution in [1.82, 2.24) is 15.2 Å². The highest BCUT2D eigenvalue weighted by molar-refractivity contribution is 9.10. The molecule has 2 aromatic rings. The number of furan rings is 1. The van der Waals surface area contributed by atoms with Crippen molar-refractivity contribution in [2.45, 2.75) is 0 Å². The van der Waals surface area contributed by atoms with E-state index in [9.17, 15) is 4.79 Å². The maximum Gasteiger partial charge on any atom is 0.261 e. The molecular weight excluding hydrogens is 264 g/mol. The molecule has 15 heavy (non-hydrogen) atoms. The van der Waals surface area contributed by atoms with Crippen molar-refractivity contribution in [2.75, 3.05) is 5.32 Å². The second-order valence-corrected chi connectivity index (χ2v) is 3.34. The number of hydrogen-bond acceptors (Lipinski definition) is 5. The third-order valence-electron chi connectivity index (χ3n) is 1.54. The second kappa shape index (κ2) is 4.18. The molecule has 0 saturated carbocycles. The van der Waals surface area contributed by atoms with Crippen LogP contribution < -0.4 is 5.32 Å². The molecule has 0 atom stereocenters. The summed E-state index contributed by atoms with van der Waals surface area (Å²) >= 11 is 3.10. The molecule has 2 heterocycles. The average Bonchev–Trinajstić information content (AvgIpc) is 2.66. The van der Waals surface area contributed by atoms with Gasteiger partial charge in [0.25, 0.3) is 5.91 Å². The predicted octanol–water partition coefficient (Wildman–Crippen LogP) is 1.48. The lowest BCUT2D eigenvalue weighted by Crippen LogP contribution is -2.13. The Kier molecular flexibility index (Phi) is 2.72. The summed E-state index contributed by atoms with van der Waals surface area (Å²) in [6.45, 7) is 0. The molecule has 6 nitrogen and oxygen atoms in total. The molecule has 0 aliphatic rings. The highest BCUT2D eigenvalue weighted by Crippen LogP contribution is 2.14. The molecule has 0 saturated heterocycles. The quantitative estimate of drug-likeness (QED) is 0.892. The largest absolute Gasteiger partial charge is 0.457 e. The summed E-state index contributed by atoms with van der Waals surface area (Å²) in [4.78, 5) is 15.3. The smallest absolute Gasteiger partial charge is 0.261 e. The van der Waals surface area contributed by atoms with Crippen molar-refractivity contribution in [3.8, 4) is 0 Å². The number of anilines is 1. The zero-order valence-electron chi connectivity index (χ0n) is 7.35. The van der Waals surface area contributed by atoms with E-state index in [-0.39, 0.29) is 11.9 Å². The van der Waals surface area contributed by atoms with Crippen LogP contribution >= 0.6 is 15.9 Å². The van der Waals surface area contributed by atoms with Gasteiger partial charge in [0.15, 0.2) is 4.67 Å². The Hall–Kier alpha value is -1.76. The first-order valence-electron chi connectivity index (χ1n) is 3.95. The topological polar surface area (TPSA) is 80.9 Å². The van der Waals surface area contributed by atoms with Gasteiger partial charge in [0, 0.05) is 6.07 Å². The van der Waals surface area contributed by atoms with Gasteiger partial charge >= 0.3 is 0 Å². The van der Waals surface area contributed by atoms with Gasteiger partial charge in [0.2, 0.25) is 5.95 Å². The van der Waals surface area contributed by atoms with Crippen LogP contribution in [0.3, 0.4) is 0 Å². The van der Waals surface area contributed by atoms with E-state index in [0.717, 1.165) is 0 Å². The van der Waals surface area contributed by atoms with E-state index in [1.54, 1.807) is 6.07 Å². The number of halogens is 1. The molecule has 0 bridgehead atoms. The lowest BCUT2D eigenvalue weighted by molar-refractivity contribution is 0.102. The average molecular weight is 269 g/mol. The van der Waals surface area contributed by atoms with Crippen molar-refractivity contribution >= 4 is 27.8 Å². The maximum atomic E-state index is 11.5. The highest BCUT2D eigenvalue weighted by atomic mass is 79.9. The lowest BCUT2D eigenvalue weighted by atomic mass is 10.3. The molecule has 76 valence electrons. The minimum atomic E-state index is -0.350. The van der Waals surface area contributed by atoms with Crippen molar-refractivity contribution in [1.29, 1.82) is 0 Å². The first-order valence-corrected chi connectivity index (χ1v) is 4.74.